The second-order valence-corrected chi connectivity index (χ2v) is 5.10. The van der Waals surface area contributed by atoms with Gasteiger partial charge in [-0.05, 0) is 32.4 Å². The number of nitrogens with one attached hydrogen (secondary N) is 1. The minimum absolute atomic E-state index is 0.0254. The van der Waals surface area contributed by atoms with Crippen molar-refractivity contribution in [1.82, 2.24) is 15.1 Å². The Balaban J connectivity index is 2.12. The molecule has 3 nitrogen and oxygen atoms in total. The lowest BCUT2D eigenvalue weighted by Gasteiger charge is -2.48. The van der Waals surface area contributed by atoms with Crippen LogP contribution in [-0.2, 0) is 0 Å². The van der Waals surface area contributed by atoms with Crippen molar-refractivity contribution in [1.29, 1.82) is 0 Å². The van der Waals surface area contributed by atoms with Gasteiger partial charge in [0.1, 0.15) is 6.04 Å². The Labute approximate surface area is 106 Å². The minimum atomic E-state index is -4.13. The Morgan fingerprint density at radius 2 is 2.00 bits per heavy atom. The highest BCUT2D eigenvalue weighted by atomic mass is 19.4. The van der Waals surface area contributed by atoms with Gasteiger partial charge in [0, 0.05) is 19.6 Å². The molecule has 2 unspecified atom stereocenters. The topological polar surface area (TPSA) is 18.5 Å². The maximum Gasteiger partial charge on any atom is 0.405 e. The van der Waals surface area contributed by atoms with Gasteiger partial charge in [-0.2, -0.15) is 13.2 Å². The number of piperazine rings is 1. The van der Waals surface area contributed by atoms with E-state index in [1.54, 1.807) is 4.90 Å². The van der Waals surface area contributed by atoms with Crippen molar-refractivity contribution >= 4 is 0 Å². The van der Waals surface area contributed by atoms with Crippen molar-refractivity contribution in [3.8, 4) is 0 Å². The number of piperidine rings is 1. The minimum Gasteiger partial charge on any atom is -0.314 e. The van der Waals surface area contributed by atoms with Crippen molar-refractivity contribution in [3.05, 3.63) is 0 Å². The molecule has 0 saturated carbocycles. The van der Waals surface area contributed by atoms with Gasteiger partial charge in [-0.25, -0.2) is 0 Å². The number of alkyl halides is 3. The highest BCUT2D eigenvalue weighted by molar-refractivity contribution is 4.90. The summed E-state index contributed by atoms with van der Waals surface area (Å²) in [5.41, 5.74) is 0. The Morgan fingerprint density at radius 1 is 1.22 bits per heavy atom. The average molecular weight is 265 g/mol. The normalized spacial score (nSPS) is 32.7. The van der Waals surface area contributed by atoms with Gasteiger partial charge in [-0.1, -0.05) is 6.92 Å². The van der Waals surface area contributed by atoms with Gasteiger partial charge in [-0.15, -0.1) is 0 Å². The Bertz CT molecular complexity index is 270. The van der Waals surface area contributed by atoms with E-state index >= 15 is 0 Å². The summed E-state index contributed by atoms with van der Waals surface area (Å²) in [7, 11) is 0. The number of likely N-dealkylation sites (tertiary alicyclic amines) is 1. The first-order valence-electron chi connectivity index (χ1n) is 6.81. The van der Waals surface area contributed by atoms with Crippen LogP contribution in [0.2, 0.25) is 0 Å². The van der Waals surface area contributed by atoms with Crippen molar-refractivity contribution in [3.63, 3.8) is 0 Å². The first kappa shape index (κ1) is 14.1. The fraction of sp³-hybridized carbons (Fsp3) is 1.00. The molecular formula is C12H22F3N3. The Morgan fingerprint density at radius 3 is 2.67 bits per heavy atom. The van der Waals surface area contributed by atoms with E-state index in [0.717, 1.165) is 32.4 Å². The van der Waals surface area contributed by atoms with Crippen LogP contribution in [0.25, 0.3) is 0 Å². The average Bonchev–Trinajstić information content (AvgIpc) is 2.37. The van der Waals surface area contributed by atoms with Gasteiger partial charge in [0.2, 0.25) is 0 Å². The van der Waals surface area contributed by atoms with Crippen LogP contribution < -0.4 is 5.32 Å². The molecule has 2 fully saturated rings. The fourth-order valence-electron chi connectivity index (χ4n) is 3.10. The Kier molecular flexibility index (Phi) is 4.50. The Hall–Kier alpha value is -0.330. The maximum absolute atomic E-state index is 13.1. The SMILES string of the molecule is CCN1CCCCC1N1CCNCC1C(F)(F)F. The van der Waals surface area contributed by atoms with E-state index in [1.807, 2.05) is 6.92 Å². The molecule has 18 heavy (non-hydrogen) atoms. The third-order valence-electron chi connectivity index (χ3n) is 4.03. The molecule has 1 N–H and O–H groups in total. The molecule has 0 aromatic heterocycles. The monoisotopic (exact) mass is 265 g/mol. The lowest BCUT2D eigenvalue weighted by molar-refractivity contribution is -0.204. The van der Waals surface area contributed by atoms with Crippen LogP contribution in [-0.4, -0.2) is 60.9 Å². The molecule has 0 bridgehead atoms. The zero-order valence-electron chi connectivity index (χ0n) is 10.8. The van der Waals surface area contributed by atoms with Crippen LogP contribution in [0.4, 0.5) is 13.2 Å². The van der Waals surface area contributed by atoms with E-state index in [0.29, 0.717) is 13.1 Å². The molecule has 0 aliphatic carbocycles. The quantitative estimate of drug-likeness (QED) is 0.819. The molecule has 2 atom stereocenters. The predicted octanol–water partition coefficient (Wildman–Crippen LogP) is 1.65. The summed E-state index contributed by atoms with van der Waals surface area (Å²) in [5, 5.41) is 2.86. The summed E-state index contributed by atoms with van der Waals surface area (Å²) in [4.78, 5) is 3.85. The maximum atomic E-state index is 13.1. The van der Waals surface area contributed by atoms with Gasteiger partial charge in [0.05, 0.1) is 6.17 Å². The molecule has 2 aliphatic rings. The molecule has 6 heteroatoms. The zero-order valence-corrected chi connectivity index (χ0v) is 10.8. The first-order valence-corrected chi connectivity index (χ1v) is 6.81. The molecule has 0 aromatic rings. The molecular weight excluding hydrogens is 243 g/mol. The van der Waals surface area contributed by atoms with Crippen molar-refractivity contribution < 1.29 is 13.2 Å². The molecule has 0 amide bonds. The zero-order chi connectivity index (χ0) is 13.2. The van der Waals surface area contributed by atoms with Crippen LogP contribution in [0, 0.1) is 0 Å². The summed E-state index contributed by atoms with van der Waals surface area (Å²) < 4.78 is 39.2. The summed E-state index contributed by atoms with van der Waals surface area (Å²) in [6.45, 7) is 4.96. The van der Waals surface area contributed by atoms with Gasteiger partial charge >= 0.3 is 6.18 Å². The fourth-order valence-corrected chi connectivity index (χ4v) is 3.10. The predicted molar refractivity (Wildman–Crippen MR) is 64.3 cm³/mol. The van der Waals surface area contributed by atoms with Crippen LogP contribution in [0.15, 0.2) is 0 Å². The van der Waals surface area contributed by atoms with Crippen LogP contribution in [0.5, 0.6) is 0 Å². The molecule has 2 saturated heterocycles. The number of hydrogen-bond acceptors (Lipinski definition) is 3. The molecule has 0 spiro atoms. The second-order valence-electron chi connectivity index (χ2n) is 5.10. The van der Waals surface area contributed by atoms with Gasteiger partial charge in [-0.3, -0.25) is 9.80 Å². The van der Waals surface area contributed by atoms with Crippen molar-refractivity contribution in [2.24, 2.45) is 0 Å². The largest absolute Gasteiger partial charge is 0.405 e. The smallest absolute Gasteiger partial charge is 0.314 e. The lowest BCUT2D eigenvalue weighted by Crippen LogP contribution is -2.64. The number of rotatable bonds is 2. The van der Waals surface area contributed by atoms with Gasteiger partial charge in [0.15, 0.2) is 0 Å². The molecule has 2 heterocycles. The summed E-state index contributed by atoms with van der Waals surface area (Å²) in [6, 6.07) is -1.33. The molecule has 0 aromatic carbocycles. The second kappa shape index (κ2) is 5.75. The van der Waals surface area contributed by atoms with E-state index in [4.69, 9.17) is 0 Å². The summed E-state index contributed by atoms with van der Waals surface area (Å²) in [5.74, 6) is 0. The molecule has 106 valence electrons. The number of halogens is 3. The lowest BCUT2D eigenvalue weighted by atomic mass is 10.0. The molecule has 2 aliphatic heterocycles. The summed E-state index contributed by atoms with van der Waals surface area (Å²) in [6.07, 6.45) is -1.16. The van der Waals surface area contributed by atoms with E-state index < -0.39 is 12.2 Å². The summed E-state index contributed by atoms with van der Waals surface area (Å²) >= 11 is 0. The van der Waals surface area contributed by atoms with E-state index in [2.05, 4.69) is 10.2 Å². The highest BCUT2D eigenvalue weighted by Crippen LogP contribution is 2.30. The van der Waals surface area contributed by atoms with Crippen LogP contribution in [0.3, 0.4) is 0 Å². The van der Waals surface area contributed by atoms with E-state index in [9.17, 15) is 13.2 Å². The highest BCUT2D eigenvalue weighted by Gasteiger charge is 2.47. The van der Waals surface area contributed by atoms with Crippen molar-refractivity contribution in [2.45, 2.75) is 44.6 Å². The molecule has 0 radical (unpaired) electrons. The van der Waals surface area contributed by atoms with Crippen LogP contribution in [0.1, 0.15) is 26.2 Å². The van der Waals surface area contributed by atoms with E-state index in [1.165, 1.54) is 0 Å². The van der Waals surface area contributed by atoms with E-state index in [-0.39, 0.29) is 12.7 Å². The van der Waals surface area contributed by atoms with Crippen LogP contribution >= 0.6 is 0 Å². The first-order chi connectivity index (χ1) is 8.54. The van der Waals surface area contributed by atoms with Gasteiger partial charge in [0.25, 0.3) is 0 Å². The molecule has 2 rings (SSSR count). The third-order valence-corrected chi connectivity index (χ3v) is 4.03. The standard InChI is InChI=1S/C12H22F3N3/c1-2-17-7-4-3-5-11(17)18-8-6-16-9-10(18)12(13,14)15/h10-11,16H,2-9H2,1H3. The number of nitrogens with zero attached hydrogens (tertiary/aromatic N) is 2. The van der Waals surface area contributed by atoms with Crippen molar-refractivity contribution in [2.75, 3.05) is 32.7 Å². The number of hydrogen-bond donors (Lipinski definition) is 1. The van der Waals surface area contributed by atoms with Gasteiger partial charge < -0.3 is 5.32 Å². The third kappa shape index (κ3) is 2.97.